The van der Waals surface area contributed by atoms with E-state index in [-0.39, 0.29) is 5.41 Å². The minimum absolute atomic E-state index is 0.213. The Morgan fingerprint density at radius 2 is 2.30 bits per heavy atom. The van der Waals surface area contributed by atoms with Crippen LogP contribution >= 0.6 is 0 Å². The van der Waals surface area contributed by atoms with Gasteiger partial charge in [-0.3, -0.25) is 0 Å². The van der Waals surface area contributed by atoms with Gasteiger partial charge < -0.3 is 5.32 Å². The Labute approximate surface area is 61.0 Å². The summed E-state index contributed by atoms with van der Waals surface area (Å²) in [6, 6.07) is 0. The molecule has 3 heteroatoms. The molecule has 0 heterocycles. The van der Waals surface area contributed by atoms with Gasteiger partial charge in [0, 0.05) is 18.7 Å². The second-order valence-electron chi connectivity index (χ2n) is 2.99. The van der Waals surface area contributed by atoms with E-state index in [2.05, 4.69) is 17.4 Å². The van der Waals surface area contributed by atoms with E-state index in [0.717, 1.165) is 5.70 Å². The molecule has 0 aromatic heterocycles. The van der Waals surface area contributed by atoms with Gasteiger partial charge in [0.05, 0.1) is 5.70 Å². The van der Waals surface area contributed by atoms with Gasteiger partial charge in [-0.05, 0) is 12.8 Å². The van der Waals surface area contributed by atoms with Crippen molar-refractivity contribution in [3.8, 4) is 0 Å². The number of rotatable bonds is 3. The van der Waals surface area contributed by atoms with Gasteiger partial charge in [-0.2, -0.15) is 5.11 Å². The standard InChI is InChI=1S/C7H13N3/c1-7(3-4-7)6(10-8)5-9-2/h5,8-9H,3-4H2,1-2H3/b6-5-,10-8?. The molecule has 2 N–H and O–H groups in total. The van der Waals surface area contributed by atoms with Gasteiger partial charge in [-0.25, -0.2) is 5.53 Å². The van der Waals surface area contributed by atoms with Crippen molar-refractivity contribution < 1.29 is 0 Å². The Balaban J connectivity index is 2.65. The Morgan fingerprint density at radius 1 is 1.70 bits per heavy atom. The lowest BCUT2D eigenvalue weighted by Crippen LogP contribution is -2.02. The number of allylic oxidation sites excluding steroid dienone is 1. The highest BCUT2D eigenvalue weighted by molar-refractivity contribution is 5.17. The Hall–Kier alpha value is -0.860. The van der Waals surface area contributed by atoms with E-state index < -0.39 is 0 Å². The molecular formula is C7H13N3. The van der Waals surface area contributed by atoms with Crippen LogP contribution in [0.25, 0.3) is 0 Å². The van der Waals surface area contributed by atoms with Crippen LogP contribution in [0.1, 0.15) is 19.8 Å². The van der Waals surface area contributed by atoms with Crippen LogP contribution < -0.4 is 5.32 Å². The molecule has 0 spiro atoms. The summed E-state index contributed by atoms with van der Waals surface area (Å²) in [6.07, 6.45) is 4.14. The van der Waals surface area contributed by atoms with Crippen molar-refractivity contribution in [1.29, 1.82) is 5.53 Å². The quantitative estimate of drug-likeness (QED) is 0.576. The lowest BCUT2D eigenvalue weighted by molar-refractivity contribution is 0.652. The molecule has 1 fully saturated rings. The van der Waals surface area contributed by atoms with Crippen molar-refractivity contribution in [1.82, 2.24) is 5.32 Å². The predicted molar refractivity (Wildman–Crippen MR) is 39.6 cm³/mol. The first kappa shape index (κ1) is 7.25. The van der Waals surface area contributed by atoms with Gasteiger partial charge >= 0.3 is 0 Å². The Morgan fingerprint density at radius 3 is 2.60 bits per heavy atom. The highest BCUT2D eigenvalue weighted by Crippen LogP contribution is 2.51. The summed E-state index contributed by atoms with van der Waals surface area (Å²) in [5.74, 6) is 0. The first-order chi connectivity index (χ1) is 4.73. The molecule has 0 aliphatic heterocycles. The molecule has 0 radical (unpaired) electrons. The van der Waals surface area contributed by atoms with Crippen molar-refractivity contribution in [2.45, 2.75) is 19.8 Å². The molecule has 3 nitrogen and oxygen atoms in total. The molecule has 56 valence electrons. The maximum Gasteiger partial charge on any atom is 0.0838 e. The molecule has 1 aliphatic carbocycles. The second kappa shape index (κ2) is 2.40. The number of nitrogens with zero attached hydrogens (tertiary/aromatic N) is 1. The minimum Gasteiger partial charge on any atom is -0.392 e. The van der Waals surface area contributed by atoms with E-state index in [4.69, 9.17) is 5.53 Å². The zero-order valence-electron chi connectivity index (χ0n) is 6.44. The third-order valence-electron chi connectivity index (χ3n) is 2.02. The zero-order chi connectivity index (χ0) is 7.61. The van der Waals surface area contributed by atoms with Crippen molar-refractivity contribution in [3.05, 3.63) is 11.9 Å². The molecule has 0 unspecified atom stereocenters. The Bertz CT molecular complexity index is 168. The van der Waals surface area contributed by atoms with Crippen LogP contribution in [0.15, 0.2) is 17.0 Å². The monoisotopic (exact) mass is 139 g/mol. The van der Waals surface area contributed by atoms with Crippen molar-refractivity contribution in [3.63, 3.8) is 0 Å². The van der Waals surface area contributed by atoms with E-state index in [1.54, 1.807) is 6.20 Å². The summed E-state index contributed by atoms with van der Waals surface area (Å²) in [6.45, 7) is 2.13. The third kappa shape index (κ3) is 1.17. The molecule has 0 saturated heterocycles. The van der Waals surface area contributed by atoms with E-state index in [0.29, 0.717) is 0 Å². The molecule has 0 bridgehead atoms. The van der Waals surface area contributed by atoms with Crippen LogP contribution in [0, 0.1) is 10.9 Å². The van der Waals surface area contributed by atoms with Crippen LogP contribution in [-0.2, 0) is 0 Å². The molecule has 0 amide bonds. The van der Waals surface area contributed by atoms with Gasteiger partial charge in [0.25, 0.3) is 0 Å². The lowest BCUT2D eigenvalue weighted by atomic mass is 10.1. The normalized spacial score (nSPS) is 22.0. The van der Waals surface area contributed by atoms with Crippen LogP contribution in [0.2, 0.25) is 0 Å². The number of hydrogen-bond donors (Lipinski definition) is 2. The molecule has 0 aromatic carbocycles. The van der Waals surface area contributed by atoms with Gasteiger partial charge in [0.15, 0.2) is 0 Å². The predicted octanol–water partition coefficient (Wildman–Crippen LogP) is 1.88. The molecule has 1 saturated carbocycles. The summed E-state index contributed by atoms with van der Waals surface area (Å²) in [5.41, 5.74) is 7.96. The largest absolute Gasteiger partial charge is 0.392 e. The van der Waals surface area contributed by atoms with Gasteiger partial charge in [-0.15, -0.1) is 0 Å². The molecule has 1 rings (SSSR count). The minimum atomic E-state index is 0.213. The van der Waals surface area contributed by atoms with E-state index in [1.165, 1.54) is 12.8 Å². The smallest absolute Gasteiger partial charge is 0.0838 e. The maximum absolute atomic E-state index is 6.88. The fraction of sp³-hybridized carbons (Fsp3) is 0.714. The summed E-state index contributed by atoms with van der Waals surface area (Å²) < 4.78 is 0. The molecule has 1 aliphatic rings. The summed E-state index contributed by atoms with van der Waals surface area (Å²) in [5, 5.41) is 6.35. The number of hydrogen-bond acceptors (Lipinski definition) is 3. The highest BCUT2D eigenvalue weighted by atomic mass is 15.0. The third-order valence-corrected chi connectivity index (χ3v) is 2.02. The molecular weight excluding hydrogens is 126 g/mol. The number of nitrogens with one attached hydrogen (secondary N) is 2. The first-order valence-electron chi connectivity index (χ1n) is 3.48. The average Bonchev–Trinajstić information content (AvgIpc) is 2.64. The van der Waals surface area contributed by atoms with E-state index in [1.807, 2.05) is 7.05 Å². The van der Waals surface area contributed by atoms with Crippen LogP contribution in [0.5, 0.6) is 0 Å². The summed E-state index contributed by atoms with van der Waals surface area (Å²) in [7, 11) is 1.83. The molecule has 0 atom stereocenters. The highest BCUT2D eigenvalue weighted by Gasteiger charge is 2.41. The maximum atomic E-state index is 6.88. The van der Waals surface area contributed by atoms with Crippen LogP contribution in [0.4, 0.5) is 0 Å². The fourth-order valence-electron chi connectivity index (χ4n) is 0.922. The van der Waals surface area contributed by atoms with Crippen molar-refractivity contribution in [2.24, 2.45) is 10.5 Å². The van der Waals surface area contributed by atoms with Gasteiger partial charge in [0.2, 0.25) is 0 Å². The molecule has 10 heavy (non-hydrogen) atoms. The van der Waals surface area contributed by atoms with E-state index >= 15 is 0 Å². The topological polar surface area (TPSA) is 48.2 Å². The zero-order valence-corrected chi connectivity index (χ0v) is 6.44. The van der Waals surface area contributed by atoms with E-state index in [9.17, 15) is 0 Å². The first-order valence-corrected chi connectivity index (χ1v) is 3.48. The van der Waals surface area contributed by atoms with Crippen molar-refractivity contribution >= 4 is 0 Å². The lowest BCUT2D eigenvalue weighted by Gasteiger charge is -2.05. The molecule has 0 aromatic rings. The fourth-order valence-corrected chi connectivity index (χ4v) is 0.922. The van der Waals surface area contributed by atoms with Crippen LogP contribution in [0.3, 0.4) is 0 Å². The van der Waals surface area contributed by atoms with Crippen LogP contribution in [-0.4, -0.2) is 7.05 Å². The van der Waals surface area contributed by atoms with Gasteiger partial charge in [0.1, 0.15) is 0 Å². The summed E-state index contributed by atoms with van der Waals surface area (Å²) in [4.78, 5) is 0. The second-order valence-corrected chi connectivity index (χ2v) is 2.99. The van der Waals surface area contributed by atoms with Crippen molar-refractivity contribution in [2.75, 3.05) is 7.05 Å². The SMILES string of the molecule is CN/C=C(\N=N)C1(C)CC1. The Kier molecular flexibility index (Phi) is 1.74. The summed E-state index contributed by atoms with van der Waals surface area (Å²) >= 11 is 0. The van der Waals surface area contributed by atoms with Gasteiger partial charge in [-0.1, -0.05) is 6.92 Å². The average molecular weight is 139 g/mol.